The number of esters is 1. The van der Waals surface area contributed by atoms with Crippen LogP contribution in [0.15, 0.2) is 0 Å². The average Bonchev–Trinajstić information content (AvgIpc) is 2.78. The molecule has 0 rings (SSSR count). The Labute approximate surface area is 252 Å². The van der Waals surface area contributed by atoms with Gasteiger partial charge in [0.25, 0.3) is 0 Å². The first kappa shape index (κ1) is 41.6. The molecule has 0 aliphatic rings. The maximum Gasteiger partial charge on any atom is 0.407 e. The molecule has 7 nitrogen and oxygen atoms in total. The summed E-state index contributed by atoms with van der Waals surface area (Å²) in [5.74, 6) is -0.148. The van der Waals surface area contributed by atoms with E-state index in [-0.39, 0.29) is 24.3 Å². The van der Waals surface area contributed by atoms with Gasteiger partial charge in [0, 0.05) is 48.8 Å². The van der Waals surface area contributed by atoms with E-state index in [1.807, 2.05) is 41.5 Å². The second-order valence-corrected chi connectivity index (χ2v) is 12.7. The van der Waals surface area contributed by atoms with Gasteiger partial charge in [-0.15, -0.1) is 0 Å². The Hall–Kier alpha value is 0.100. The molecule has 0 unspecified atom stereocenters. The Morgan fingerprint density at radius 1 is 0.676 bits per heavy atom. The number of aliphatic hydroxyl groups excluding tert-OH is 1. The number of alkyl halides is 3. The fourth-order valence-corrected chi connectivity index (χ4v) is 3.56. The molecule has 224 valence electrons. The summed E-state index contributed by atoms with van der Waals surface area (Å²) < 4.78 is 15.7. The molecule has 0 heterocycles. The van der Waals surface area contributed by atoms with Gasteiger partial charge < -0.3 is 24.6 Å². The normalized spacial score (nSPS) is 11.0. The summed E-state index contributed by atoms with van der Waals surface area (Å²) in [5.41, 5.74) is -0.809. The van der Waals surface area contributed by atoms with E-state index in [4.69, 9.17) is 19.3 Å². The molecule has 0 atom stereocenters. The molecule has 0 bridgehead atoms. The lowest BCUT2D eigenvalue weighted by Gasteiger charge is -2.19. The number of halogens is 3. The molecule has 10 heteroatoms. The minimum atomic E-state index is -0.428. The third-order valence-electron chi connectivity index (χ3n) is 4.03. The molecule has 2 N–H and O–H groups in total. The number of alkyl carbamates (subject to hydrolysis) is 1. The molecule has 0 aromatic heterocycles. The standard InChI is InChI=1S/C13H26BrNO3.C10H20O3.C4H8Br2/c1-13(2,3)18-12(16)15-9-5-7-11-17-10-6-4-8-14;1-10(2,3)13-9(12)7-5-4-6-8-11;5-3-1-2-4-6/h4-11H2,1-3H3,(H,15,16);11H,4-8H2,1-3H3;1-4H2. The van der Waals surface area contributed by atoms with Gasteiger partial charge in [0.05, 0.1) is 0 Å². The smallest absolute Gasteiger partial charge is 0.407 e. The number of aliphatic hydroxyl groups is 1. The van der Waals surface area contributed by atoms with Crippen LogP contribution in [-0.2, 0) is 19.0 Å². The molecule has 0 aromatic carbocycles. The molecule has 0 aliphatic carbocycles. The van der Waals surface area contributed by atoms with Crippen LogP contribution in [-0.4, -0.2) is 70.7 Å². The molecule has 0 fully saturated rings. The van der Waals surface area contributed by atoms with Crippen LogP contribution in [0.25, 0.3) is 0 Å². The lowest BCUT2D eigenvalue weighted by Crippen LogP contribution is -2.33. The molecule has 37 heavy (non-hydrogen) atoms. The van der Waals surface area contributed by atoms with E-state index >= 15 is 0 Å². The van der Waals surface area contributed by atoms with E-state index in [1.165, 1.54) is 12.8 Å². The van der Waals surface area contributed by atoms with Crippen molar-refractivity contribution >= 4 is 59.9 Å². The largest absolute Gasteiger partial charge is 0.460 e. The first-order valence-corrected chi connectivity index (χ1v) is 16.7. The molecule has 0 radical (unpaired) electrons. The summed E-state index contributed by atoms with van der Waals surface area (Å²) in [4.78, 5) is 22.4. The minimum Gasteiger partial charge on any atom is -0.460 e. The van der Waals surface area contributed by atoms with E-state index in [9.17, 15) is 9.59 Å². The van der Waals surface area contributed by atoms with Crippen LogP contribution < -0.4 is 5.32 Å². The van der Waals surface area contributed by atoms with Crippen molar-refractivity contribution in [1.29, 1.82) is 0 Å². The van der Waals surface area contributed by atoms with Crippen molar-refractivity contribution in [3.8, 4) is 0 Å². The quantitative estimate of drug-likeness (QED) is 0.0899. The van der Waals surface area contributed by atoms with Gasteiger partial charge >= 0.3 is 12.1 Å². The number of unbranched alkanes of at least 4 members (excludes halogenated alkanes) is 5. The highest BCUT2D eigenvalue weighted by molar-refractivity contribution is 9.09. The fourth-order valence-electron chi connectivity index (χ4n) is 2.37. The van der Waals surface area contributed by atoms with Crippen LogP contribution in [0.4, 0.5) is 4.79 Å². The van der Waals surface area contributed by atoms with Gasteiger partial charge in [0.1, 0.15) is 11.2 Å². The zero-order valence-electron chi connectivity index (χ0n) is 24.1. The van der Waals surface area contributed by atoms with E-state index in [1.54, 1.807) is 0 Å². The highest BCUT2D eigenvalue weighted by Gasteiger charge is 2.16. The summed E-state index contributed by atoms with van der Waals surface area (Å²) in [6.45, 7) is 13.6. The van der Waals surface area contributed by atoms with Crippen molar-refractivity contribution in [2.24, 2.45) is 0 Å². The third-order valence-corrected chi connectivity index (χ3v) is 5.71. The van der Waals surface area contributed by atoms with Crippen molar-refractivity contribution in [1.82, 2.24) is 5.32 Å². The zero-order valence-corrected chi connectivity index (χ0v) is 28.9. The van der Waals surface area contributed by atoms with E-state index < -0.39 is 5.60 Å². The molecule has 0 spiro atoms. The van der Waals surface area contributed by atoms with Gasteiger partial charge in [-0.25, -0.2) is 4.79 Å². The molecular weight excluding hydrogens is 674 g/mol. The van der Waals surface area contributed by atoms with Gasteiger partial charge in [-0.3, -0.25) is 4.79 Å². The third kappa shape index (κ3) is 46.3. The first-order chi connectivity index (χ1) is 17.3. The topological polar surface area (TPSA) is 94.1 Å². The average molecular weight is 728 g/mol. The summed E-state index contributed by atoms with van der Waals surface area (Å²) in [5, 5.41) is 14.5. The monoisotopic (exact) mass is 725 g/mol. The summed E-state index contributed by atoms with van der Waals surface area (Å²) in [6.07, 6.45) is 9.26. The number of nitrogens with one attached hydrogen (secondary N) is 1. The van der Waals surface area contributed by atoms with Gasteiger partial charge in [0.15, 0.2) is 0 Å². The zero-order chi connectivity index (χ0) is 29.0. The van der Waals surface area contributed by atoms with Crippen molar-refractivity contribution < 1.29 is 28.9 Å². The van der Waals surface area contributed by atoms with Crippen LogP contribution in [0, 0.1) is 0 Å². The van der Waals surface area contributed by atoms with Gasteiger partial charge in [-0.1, -0.05) is 54.2 Å². The molecule has 0 aliphatic heterocycles. The number of rotatable bonds is 17. The van der Waals surface area contributed by atoms with Crippen molar-refractivity contribution in [2.75, 3.05) is 42.4 Å². The number of ether oxygens (including phenoxy) is 3. The molecule has 0 aromatic rings. The van der Waals surface area contributed by atoms with Crippen molar-refractivity contribution in [2.45, 2.75) is 117 Å². The Bertz CT molecular complexity index is 507. The Morgan fingerprint density at radius 2 is 1.16 bits per heavy atom. The Kier molecular flexibility index (Phi) is 32.7. The second kappa shape index (κ2) is 29.1. The van der Waals surface area contributed by atoms with Crippen LogP contribution in [0.1, 0.15) is 106 Å². The summed E-state index contributed by atoms with van der Waals surface area (Å²) in [6, 6.07) is 0. The number of carbonyl (C=O) groups excluding carboxylic acids is 2. The maximum absolute atomic E-state index is 11.3. The summed E-state index contributed by atoms with van der Waals surface area (Å²) >= 11 is 10.0. The molecular formula is C27H54Br3NO6. The van der Waals surface area contributed by atoms with Crippen LogP contribution in [0.3, 0.4) is 0 Å². The Balaban J connectivity index is -0.000000529. The Morgan fingerprint density at radius 3 is 1.62 bits per heavy atom. The highest BCUT2D eigenvalue weighted by atomic mass is 79.9. The number of amides is 1. The van der Waals surface area contributed by atoms with Crippen molar-refractivity contribution in [3.63, 3.8) is 0 Å². The number of carbonyl (C=O) groups is 2. The van der Waals surface area contributed by atoms with Gasteiger partial charge in [-0.05, 0) is 92.9 Å². The predicted molar refractivity (Wildman–Crippen MR) is 166 cm³/mol. The SMILES string of the molecule is BrCCCCBr.CC(C)(C)OC(=O)CCCCCO.CC(C)(C)OC(=O)NCCCCOCCCCBr. The lowest BCUT2D eigenvalue weighted by molar-refractivity contribution is -0.154. The van der Waals surface area contributed by atoms with Crippen LogP contribution in [0.5, 0.6) is 0 Å². The maximum atomic E-state index is 11.3. The van der Waals surface area contributed by atoms with Crippen molar-refractivity contribution in [3.05, 3.63) is 0 Å². The van der Waals surface area contributed by atoms with E-state index in [0.717, 1.165) is 74.1 Å². The minimum absolute atomic E-state index is 0.148. The fraction of sp³-hybridized carbons (Fsp3) is 0.926. The molecule has 0 saturated carbocycles. The number of hydrogen-bond acceptors (Lipinski definition) is 6. The molecule has 0 saturated heterocycles. The van der Waals surface area contributed by atoms with Crippen LogP contribution in [0.2, 0.25) is 0 Å². The highest BCUT2D eigenvalue weighted by Crippen LogP contribution is 2.10. The summed E-state index contributed by atoms with van der Waals surface area (Å²) in [7, 11) is 0. The van der Waals surface area contributed by atoms with Crippen LogP contribution >= 0.6 is 47.8 Å². The van der Waals surface area contributed by atoms with Gasteiger partial charge in [-0.2, -0.15) is 0 Å². The molecule has 1 amide bonds. The van der Waals surface area contributed by atoms with Gasteiger partial charge in [0.2, 0.25) is 0 Å². The van der Waals surface area contributed by atoms with E-state index in [2.05, 4.69) is 53.1 Å². The second-order valence-electron chi connectivity index (χ2n) is 10.4. The first-order valence-electron chi connectivity index (χ1n) is 13.4. The van der Waals surface area contributed by atoms with E-state index in [0.29, 0.717) is 13.0 Å². The lowest BCUT2D eigenvalue weighted by atomic mass is 10.1. The predicted octanol–water partition coefficient (Wildman–Crippen LogP) is 7.92. The number of hydrogen-bond donors (Lipinski definition) is 2.